The van der Waals surface area contributed by atoms with E-state index in [1.165, 1.54) is 0 Å². The van der Waals surface area contributed by atoms with Crippen LogP contribution in [-0.2, 0) is 4.79 Å². The Balaban J connectivity index is 1.77. The van der Waals surface area contributed by atoms with E-state index in [0.29, 0.717) is 5.78 Å². The van der Waals surface area contributed by atoms with Crippen molar-refractivity contribution in [1.82, 2.24) is 0 Å². The van der Waals surface area contributed by atoms with E-state index in [1.54, 1.807) is 22.7 Å². The van der Waals surface area contributed by atoms with E-state index >= 15 is 0 Å². The molecule has 4 N–H and O–H groups in total. The van der Waals surface area contributed by atoms with Crippen LogP contribution in [0.5, 0.6) is 0 Å². The van der Waals surface area contributed by atoms with Gasteiger partial charge in [0.25, 0.3) is 0 Å². The third-order valence-corrected chi connectivity index (χ3v) is 5.25. The highest BCUT2D eigenvalue weighted by molar-refractivity contribution is 7.11. The zero-order chi connectivity index (χ0) is 12.0. The SMILES string of the molecule is Nc1csc(C2CC(c3cc(N)cs3)C2=O)c1. The Kier molecular flexibility index (Phi) is 2.45. The summed E-state index contributed by atoms with van der Waals surface area (Å²) < 4.78 is 0. The first-order valence-corrected chi connectivity index (χ1v) is 7.12. The van der Waals surface area contributed by atoms with Crippen molar-refractivity contribution < 1.29 is 4.79 Å². The molecular formula is C12H12N2OS2. The Bertz CT molecular complexity index is 524. The van der Waals surface area contributed by atoms with Gasteiger partial charge in [0.2, 0.25) is 0 Å². The Morgan fingerprint density at radius 2 is 1.47 bits per heavy atom. The van der Waals surface area contributed by atoms with Gasteiger partial charge in [-0.1, -0.05) is 0 Å². The molecule has 2 aromatic heterocycles. The molecule has 17 heavy (non-hydrogen) atoms. The van der Waals surface area contributed by atoms with Crippen LogP contribution in [0.15, 0.2) is 22.9 Å². The monoisotopic (exact) mass is 264 g/mol. The number of hydrogen-bond donors (Lipinski definition) is 2. The average molecular weight is 264 g/mol. The zero-order valence-corrected chi connectivity index (χ0v) is 10.7. The van der Waals surface area contributed by atoms with Crippen molar-refractivity contribution >= 4 is 39.8 Å². The molecule has 88 valence electrons. The molecule has 1 aliphatic carbocycles. The summed E-state index contributed by atoms with van der Waals surface area (Å²) in [6.45, 7) is 0. The van der Waals surface area contributed by atoms with Gasteiger partial charge >= 0.3 is 0 Å². The van der Waals surface area contributed by atoms with E-state index < -0.39 is 0 Å². The molecule has 0 amide bonds. The molecule has 2 unspecified atom stereocenters. The quantitative estimate of drug-likeness (QED) is 0.876. The molecular weight excluding hydrogens is 252 g/mol. The minimum atomic E-state index is 0.0469. The molecule has 1 aliphatic rings. The van der Waals surface area contributed by atoms with Gasteiger partial charge in [0.05, 0.1) is 11.8 Å². The van der Waals surface area contributed by atoms with Crippen molar-refractivity contribution in [3.05, 3.63) is 32.6 Å². The predicted molar refractivity (Wildman–Crippen MR) is 72.6 cm³/mol. The molecule has 2 heterocycles. The van der Waals surface area contributed by atoms with E-state index in [-0.39, 0.29) is 11.8 Å². The van der Waals surface area contributed by atoms with Gasteiger partial charge in [-0.05, 0) is 18.6 Å². The summed E-state index contributed by atoms with van der Waals surface area (Å²) in [6.07, 6.45) is 0.888. The lowest BCUT2D eigenvalue weighted by atomic mass is 9.72. The Hall–Kier alpha value is -1.33. The van der Waals surface area contributed by atoms with Gasteiger partial charge in [-0.25, -0.2) is 0 Å². The van der Waals surface area contributed by atoms with Crippen LogP contribution < -0.4 is 11.5 Å². The number of carbonyl (C=O) groups excluding carboxylic acids is 1. The van der Waals surface area contributed by atoms with Crippen LogP contribution in [0.25, 0.3) is 0 Å². The highest BCUT2D eigenvalue weighted by atomic mass is 32.1. The zero-order valence-electron chi connectivity index (χ0n) is 9.05. The first-order chi connectivity index (χ1) is 8.15. The highest BCUT2D eigenvalue weighted by Crippen LogP contribution is 2.47. The lowest BCUT2D eigenvalue weighted by molar-refractivity contribution is -0.127. The number of rotatable bonds is 2. The van der Waals surface area contributed by atoms with Crippen molar-refractivity contribution in [3.63, 3.8) is 0 Å². The molecule has 0 saturated heterocycles. The first-order valence-electron chi connectivity index (χ1n) is 5.36. The van der Waals surface area contributed by atoms with Crippen molar-refractivity contribution in [2.45, 2.75) is 18.3 Å². The first kappa shape index (κ1) is 10.8. The average Bonchev–Trinajstić information content (AvgIpc) is 2.87. The maximum atomic E-state index is 12.1. The van der Waals surface area contributed by atoms with Crippen molar-refractivity contribution in [3.8, 4) is 0 Å². The summed E-state index contributed by atoms with van der Waals surface area (Å²) in [6, 6.07) is 3.82. The van der Waals surface area contributed by atoms with Crippen molar-refractivity contribution in [2.75, 3.05) is 11.5 Å². The third-order valence-electron chi connectivity index (χ3n) is 3.13. The van der Waals surface area contributed by atoms with Crippen LogP contribution in [-0.4, -0.2) is 5.78 Å². The Labute approximate surface area is 107 Å². The van der Waals surface area contributed by atoms with Crippen LogP contribution in [0.2, 0.25) is 0 Å². The van der Waals surface area contributed by atoms with Gasteiger partial charge in [-0.2, -0.15) is 0 Å². The number of thiophene rings is 2. The molecule has 2 aromatic rings. The van der Waals surface area contributed by atoms with Crippen LogP contribution in [0.3, 0.4) is 0 Å². The lowest BCUT2D eigenvalue weighted by Crippen LogP contribution is -2.32. The predicted octanol–water partition coefficient (Wildman–Crippen LogP) is 2.81. The number of anilines is 2. The number of nitrogen functional groups attached to an aromatic ring is 2. The topological polar surface area (TPSA) is 69.1 Å². The number of ketones is 1. The number of nitrogens with two attached hydrogens (primary N) is 2. The molecule has 0 aromatic carbocycles. The molecule has 0 aliphatic heterocycles. The summed E-state index contributed by atoms with van der Waals surface area (Å²) >= 11 is 3.15. The summed E-state index contributed by atoms with van der Waals surface area (Å²) in [7, 11) is 0. The molecule has 0 bridgehead atoms. The van der Waals surface area contributed by atoms with E-state index in [1.807, 2.05) is 22.9 Å². The van der Waals surface area contributed by atoms with Gasteiger partial charge in [-0.3, -0.25) is 4.79 Å². The van der Waals surface area contributed by atoms with Gasteiger partial charge in [-0.15, -0.1) is 22.7 Å². The summed E-state index contributed by atoms with van der Waals surface area (Å²) in [5, 5.41) is 3.78. The normalized spacial score (nSPS) is 23.6. The minimum Gasteiger partial charge on any atom is -0.398 e. The van der Waals surface area contributed by atoms with Crippen molar-refractivity contribution in [2.24, 2.45) is 0 Å². The maximum Gasteiger partial charge on any atom is 0.149 e. The molecule has 0 radical (unpaired) electrons. The van der Waals surface area contributed by atoms with Gasteiger partial charge < -0.3 is 11.5 Å². The van der Waals surface area contributed by atoms with Gasteiger partial charge in [0, 0.05) is 31.9 Å². The largest absolute Gasteiger partial charge is 0.398 e. The number of hydrogen-bond acceptors (Lipinski definition) is 5. The molecule has 5 heteroatoms. The third kappa shape index (κ3) is 1.75. The van der Waals surface area contributed by atoms with Crippen LogP contribution in [0.4, 0.5) is 11.4 Å². The fourth-order valence-corrected chi connectivity index (χ4v) is 4.01. The van der Waals surface area contributed by atoms with E-state index in [2.05, 4.69) is 0 Å². The molecule has 1 saturated carbocycles. The molecule has 3 rings (SSSR count). The smallest absolute Gasteiger partial charge is 0.149 e. The van der Waals surface area contributed by atoms with Gasteiger partial charge in [0.15, 0.2) is 0 Å². The van der Waals surface area contributed by atoms with Crippen molar-refractivity contribution in [1.29, 1.82) is 0 Å². The minimum absolute atomic E-state index is 0.0469. The second-order valence-electron chi connectivity index (χ2n) is 4.31. The second kappa shape index (κ2) is 3.85. The van der Waals surface area contributed by atoms with Gasteiger partial charge in [0.1, 0.15) is 5.78 Å². The fraction of sp³-hybridized carbons (Fsp3) is 0.250. The maximum absolute atomic E-state index is 12.1. The second-order valence-corrected chi connectivity index (χ2v) is 6.19. The number of Topliss-reactive ketones (excluding diaryl/α,β-unsaturated/α-hetero) is 1. The van der Waals surface area contributed by atoms with E-state index in [9.17, 15) is 4.79 Å². The fourth-order valence-electron chi connectivity index (χ4n) is 2.17. The Morgan fingerprint density at radius 1 is 1.00 bits per heavy atom. The highest BCUT2D eigenvalue weighted by Gasteiger charge is 2.42. The van der Waals surface area contributed by atoms with Crippen LogP contribution in [0, 0.1) is 0 Å². The molecule has 2 atom stereocenters. The van der Waals surface area contributed by atoms with E-state index in [4.69, 9.17) is 11.5 Å². The number of carbonyl (C=O) groups is 1. The summed E-state index contributed by atoms with van der Waals surface area (Å²) in [5.41, 5.74) is 12.9. The molecule has 3 nitrogen and oxygen atoms in total. The van der Waals surface area contributed by atoms with Crippen LogP contribution >= 0.6 is 22.7 Å². The standard InChI is InChI=1S/C12H12N2OS2/c13-6-1-10(16-4-6)8-3-9(12(8)15)11-2-7(14)5-17-11/h1-2,4-5,8-9H,3,13-14H2. The van der Waals surface area contributed by atoms with Crippen LogP contribution in [0.1, 0.15) is 28.0 Å². The summed E-state index contributed by atoms with van der Waals surface area (Å²) in [5.74, 6) is 0.393. The van der Waals surface area contributed by atoms with E-state index in [0.717, 1.165) is 27.5 Å². The molecule has 1 fully saturated rings. The summed E-state index contributed by atoms with van der Waals surface area (Å²) in [4.78, 5) is 14.3. The molecule has 0 spiro atoms. The lowest BCUT2D eigenvalue weighted by Gasteiger charge is -2.32. The Morgan fingerprint density at radius 3 is 1.76 bits per heavy atom.